The van der Waals surface area contributed by atoms with Gasteiger partial charge >= 0.3 is 13.9 Å². The van der Waals surface area contributed by atoms with Crippen LogP contribution in [0.15, 0.2) is 17.1 Å². The van der Waals surface area contributed by atoms with Gasteiger partial charge in [0.1, 0.15) is 17.5 Å². The van der Waals surface area contributed by atoms with Gasteiger partial charge in [-0.15, -0.1) is 9.05 Å². The molecule has 146 valence electrons. The molecule has 0 spiro atoms. The Labute approximate surface area is 153 Å². The standard InChI is InChI=1S/C10H13N2O5PS.C2H6.2CH4O/c1-15-18(14)16-6-7-2-3-9(17-7)12-5-4-8(19)11-10(12)13;3*1-2/h4-5,7,9H,2-3,6H2,1H3;1-2H3;2*2H,1H3/p+1. The van der Waals surface area contributed by atoms with Gasteiger partial charge in [-0.2, -0.15) is 0 Å². The highest BCUT2D eigenvalue weighted by Gasteiger charge is 2.30. The molecule has 3 unspecified atom stereocenters. The molecule has 0 aliphatic carbocycles. The number of nitrogens with one attached hydrogen (secondary N) is 1. The first-order valence-corrected chi connectivity index (χ1v) is 9.11. The molecule has 25 heavy (non-hydrogen) atoms. The zero-order valence-electron chi connectivity index (χ0n) is 15.2. The van der Waals surface area contributed by atoms with Crippen molar-refractivity contribution in [2.45, 2.75) is 39.0 Å². The van der Waals surface area contributed by atoms with Crippen LogP contribution in [-0.4, -0.2) is 53.8 Å². The molecule has 1 fully saturated rings. The normalized spacial score (nSPS) is 18.6. The number of hydrogen-bond donors (Lipinski definition) is 3. The van der Waals surface area contributed by atoms with Crippen LogP contribution >= 0.6 is 20.5 Å². The van der Waals surface area contributed by atoms with Crippen molar-refractivity contribution in [2.24, 2.45) is 0 Å². The third-order valence-electron chi connectivity index (χ3n) is 2.76. The van der Waals surface area contributed by atoms with Gasteiger partial charge in [-0.1, -0.05) is 26.1 Å². The van der Waals surface area contributed by atoms with Crippen LogP contribution in [0.4, 0.5) is 0 Å². The number of aromatic nitrogens is 2. The average molecular weight is 399 g/mol. The third kappa shape index (κ3) is 9.91. The zero-order chi connectivity index (χ0) is 19.8. The van der Waals surface area contributed by atoms with Gasteiger partial charge < -0.3 is 14.9 Å². The summed E-state index contributed by atoms with van der Waals surface area (Å²) >= 11 is 4.86. The summed E-state index contributed by atoms with van der Waals surface area (Å²) < 4.78 is 28.0. The first-order chi connectivity index (χ1) is 12.1. The molecule has 1 aromatic heterocycles. The Bertz CT molecular complexity index is 579. The largest absolute Gasteiger partial charge is 0.697 e. The molecule has 1 aliphatic heterocycles. The van der Waals surface area contributed by atoms with Crippen LogP contribution in [-0.2, 0) is 18.3 Å². The van der Waals surface area contributed by atoms with Crippen molar-refractivity contribution in [3.8, 4) is 0 Å². The molecule has 2 rings (SSSR count). The SMILES string of the molecule is CC.CO.CO.CO[P+](=O)OCC1CCC(n2ccc(=S)[nH]c2=O)O1. The lowest BCUT2D eigenvalue weighted by molar-refractivity contribution is -0.0206. The Morgan fingerprint density at radius 2 is 1.96 bits per heavy atom. The number of aliphatic hydroxyl groups excluding tert-OH is 2. The predicted molar refractivity (Wildman–Crippen MR) is 97.2 cm³/mol. The van der Waals surface area contributed by atoms with E-state index in [0.29, 0.717) is 11.1 Å². The molecule has 0 saturated carbocycles. The van der Waals surface area contributed by atoms with E-state index in [1.165, 1.54) is 11.7 Å². The Morgan fingerprint density at radius 1 is 1.36 bits per heavy atom. The van der Waals surface area contributed by atoms with E-state index in [0.717, 1.165) is 20.6 Å². The molecule has 0 bridgehead atoms. The van der Waals surface area contributed by atoms with Crippen molar-refractivity contribution in [2.75, 3.05) is 27.9 Å². The van der Waals surface area contributed by atoms with Crippen molar-refractivity contribution >= 4 is 20.5 Å². The number of H-pyrrole nitrogens is 1. The third-order valence-corrected chi connectivity index (χ3v) is 3.66. The highest BCUT2D eigenvalue weighted by atomic mass is 32.1. The monoisotopic (exact) mass is 399 g/mol. The summed E-state index contributed by atoms with van der Waals surface area (Å²) in [4.78, 5) is 14.2. The van der Waals surface area contributed by atoms with Gasteiger partial charge in [0.25, 0.3) is 0 Å². The summed E-state index contributed by atoms with van der Waals surface area (Å²) in [6, 6.07) is 1.63. The summed E-state index contributed by atoms with van der Waals surface area (Å²) in [5.41, 5.74) is -0.304. The first kappa shape index (κ1) is 26.2. The number of aliphatic hydroxyl groups is 2. The Hall–Kier alpha value is -1.00. The molecule has 0 amide bonds. The van der Waals surface area contributed by atoms with Crippen LogP contribution in [0.3, 0.4) is 0 Å². The van der Waals surface area contributed by atoms with Crippen molar-refractivity contribution in [1.29, 1.82) is 0 Å². The van der Waals surface area contributed by atoms with Crippen molar-refractivity contribution in [3.63, 3.8) is 0 Å². The lowest BCUT2D eigenvalue weighted by atomic mass is 10.2. The summed E-state index contributed by atoms with van der Waals surface area (Å²) in [5.74, 6) is 0. The second-order valence-corrected chi connectivity index (χ2v) is 5.52. The maximum Gasteiger partial charge on any atom is 0.697 e. The van der Waals surface area contributed by atoms with Gasteiger partial charge in [0.2, 0.25) is 0 Å². The van der Waals surface area contributed by atoms with E-state index >= 15 is 0 Å². The summed E-state index contributed by atoms with van der Waals surface area (Å²) in [7, 11) is 1.22. The minimum atomic E-state index is -2.09. The van der Waals surface area contributed by atoms with E-state index in [2.05, 4.69) is 9.51 Å². The fourth-order valence-electron chi connectivity index (χ4n) is 1.86. The molecule has 1 saturated heterocycles. The van der Waals surface area contributed by atoms with E-state index in [1.54, 1.807) is 12.3 Å². The summed E-state index contributed by atoms with van der Waals surface area (Å²) in [6.07, 6.45) is 2.45. The highest BCUT2D eigenvalue weighted by molar-refractivity contribution is 7.71. The second kappa shape index (κ2) is 16.5. The van der Waals surface area contributed by atoms with Gasteiger partial charge in [0.15, 0.2) is 0 Å². The molecule has 0 radical (unpaired) electrons. The van der Waals surface area contributed by atoms with E-state index in [-0.39, 0.29) is 24.6 Å². The number of aromatic amines is 1. The number of nitrogens with zero attached hydrogens (tertiary/aromatic N) is 1. The fourth-order valence-corrected chi connectivity index (χ4v) is 2.41. The zero-order valence-corrected chi connectivity index (χ0v) is 16.9. The Morgan fingerprint density at radius 3 is 2.48 bits per heavy atom. The van der Waals surface area contributed by atoms with Crippen LogP contribution in [0.1, 0.15) is 32.9 Å². The van der Waals surface area contributed by atoms with Crippen molar-refractivity contribution < 1.29 is 28.6 Å². The van der Waals surface area contributed by atoms with E-state index < -0.39 is 8.25 Å². The van der Waals surface area contributed by atoms with Crippen LogP contribution in [0.5, 0.6) is 0 Å². The predicted octanol–water partition coefficient (Wildman–Crippen LogP) is 2.15. The Kier molecular flexibility index (Phi) is 17.3. The highest BCUT2D eigenvalue weighted by Crippen LogP contribution is 2.30. The molecule has 2 heterocycles. The average Bonchev–Trinajstić information content (AvgIpc) is 3.13. The van der Waals surface area contributed by atoms with Gasteiger partial charge in [0, 0.05) is 25.0 Å². The van der Waals surface area contributed by atoms with Gasteiger partial charge in [-0.05, 0) is 18.9 Å². The van der Waals surface area contributed by atoms with Crippen LogP contribution < -0.4 is 5.69 Å². The minimum Gasteiger partial charge on any atom is -0.400 e. The molecule has 0 aromatic carbocycles. The smallest absolute Gasteiger partial charge is 0.400 e. The second-order valence-electron chi connectivity index (χ2n) is 4.01. The first-order valence-electron chi connectivity index (χ1n) is 7.61. The number of rotatable bonds is 5. The van der Waals surface area contributed by atoms with Gasteiger partial charge in [0.05, 0.1) is 13.2 Å². The summed E-state index contributed by atoms with van der Waals surface area (Å²) in [5, 5.41) is 14.0. The van der Waals surface area contributed by atoms with Crippen LogP contribution in [0.25, 0.3) is 0 Å². The topological polar surface area (TPSA) is 123 Å². The maximum atomic E-state index is 11.7. The molecule has 1 aromatic rings. The van der Waals surface area contributed by atoms with Crippen molar-refractivity contribution in [1.82, 2.24) is 9.55 Å². The molecule has 3 atom stereocenters. The molecule has 11 heteroatoms. The van der Waals surface area contributed by atoms with E-state index in [4.69, 9.17) is 31.7 Å². The quantitative estimate of drug-likeness (QED) is 0.508. The summed E-state index contributed by atoms with van der Waals surface area (Å²) in [6.45, 7) is 4.18. The van der Waals surface area contributed by atoms with Gasteiger partial charge in [-0.25, -0.2) is 4.79 Å². The van der Waals surface area contributed by atoms with Gasteiger partial charge in [-0.3, -0.25) is 9.55 Å². The molecular weight excluding hydrogens is 371 g/mol. The Balaban J connectivity index is 0. The minimum absolute atomic E-state index is 0.178. The molecule has 1 aliphatic rings. The number of ether oxygens (including phenoxy) is 1. The van der Waals surface area contributed by atoms with Crippen molar-refractivity contribution in [3.05, 3.63) is 27.4 Å². The van der Waals surface area contributed by atoms with Crippen LogP contribution in [0.2, 0.25) is 0 Å². The fraction of sp³-hybridized carbons (Fsp3) is 0.714. The van der Waals surface area contributed by atoms with E-state index in [1.807, 2.05) is 13.8 Å². The molecular formula is C14H28N2O7PS+. The van der Waals surface area contributed by atoms with Crippen LogP contribution in [0, 0.1) is 4.64 Å². The van der Waals surface area contributed by atoms with E-state index in [9.17, 15) is 9.36 Å². The maximum absolute atomic E-state index is 11.7. The lowest BCUT2D eigenvalue weighted by Crippen LogP contribution is -2.27. The lowest BCUT2D eigenvalue weighted by Gasteiger charge is -2.14. The molecule has 3 N–H and O–H groups in total. The number of hydrogen-bond acceptors (Lipinski definition) is 8. The molecule has 9 nitrogen and oxygen atoms in total.